The van der Waals surface area contributed by atoms with Crippen molar-refractivity contribution in [3.05, 3.63) is 52.6 Å². The van der Waals surface area contributed by atoms with Crippen LogP contribution in [0.4, 0.5) is 5.69 Å². The molecule has 0 amide bonds. The number of nitrogen functional groups attached to an aromatic ring is 1. The van der Waals surface area contributed by atoms with Gasteiger partial charge in [0, 0.05) is 16.8 Å². The van der Waals surface area contributed by atoms with Gasteiger partial charge in [0.1, 0.15) is 0 Å². The smallest absolute Gasteiger partial charge is 0.0385 e. The van der Waals surface area contributed by atoms with E-state index < -0.39 is 0 Å². The molecule has 0 saturated carbocycles. The topological polar surface area (TPSA) is 26.0 Å². The molecular weight excluding hydrogens is 242 g/mol. The van der Waals surface area contributed by atoms with E-state index in [0.717, 1.165) is 17.7 Å². The quantitative estimate of drug-likeness (QED) is 0.606. The van der Waals surface area contributed by atoms with Crippen molar-refractivity contribution < 1.29 is 0 Å². The van der Waals surface area contributed by atoms with E-state index in [1.54, 1.807) is 0 Å². The minimum absolute atomic E-state index is 0.418. The average molecular weight is 265 g/mol. The van der Waals surface area contributed by atoms with E-state index in [2.05, 4.69) is 69.9 Å². The second kappa shape index (κ2) is 6.01. The van der Waals surface area contributed by atoms with Crippen LogP contribution in [-0.2, 0) is 0 Å². The van der Waals surface area contributed by atoms with Gasteiger partial charge in [0.2, 0.25) is 0 Å². The predicted octanol–water partition coefficient (Wildman–Crippen LogP) is 4.75. The van der Waals surface area contributed by atoms with Crippen LogP contribution in [0, 0.1) is 11.8 Å². The van der Waals surface area contributed by atoms with E-state index in [1.807, 2.05) is 0 Å². The molecule has 0 heterocycles. The lowest BCUT2D eigenvalue weighted by molar-refractivity contribution is 0.839. The van der Waals surface area contributed by atoms with E-state index in [-0.39, 0.29) is 0 Å². The van der Waals surface area contributed by atoms with Gasteiger partial charge >= 0.3 is 0 Å². The monoisotopic (exact) mass is 265 g/mol. The Morgan fingerprint density at radius 1 is 1.00 bits per heavy atom. The summed E-state index contributed by atoms with van der Waals surface area (Å²) in [4.78, 5) is 0. The summed E-state index contributed by atoms with van der Waals surface area (Å²) in [5.74, 6) is 7.38. The maximum absolute atomic E-state index is 6.30. The summed E-state index contributed by atoms with van der Waals surface area (Å²) in [5.41, 5.74) is 11.9. The number of hydrogen-bond donors (Lipinski definition) is 1. The summed E-state index contributed by atoms with van der Waals surface area (Å²) < 4.78 is 0. The molecule has 0 spiro atoms. The molecular formula is C19H23N. The van der Waals surface area contributed by atoms with Crippen molar-refractivity contribution in [2.24, 2.45) is 0 Å². The van der Waals surface area contributed by atoms with Gasteiger partial charge in [-0.25, -0.2) is 0 Å². The Balaban J connectivity index is 2.43. The number of nitrogens with two attached hydrogens (primary N) is 1. The molecule has 0 atom stereocenters. The van der Waals surface area contributed by atoms with Gasteiger partial charge in [-0.05, 0) is 41.5 Å². The molecule has 1 aromatic rings. The molecule has 0 aliphatic heterocycles. The third-order valence-electron chi connectivity index (χ3n) is 3.63. The highest BCUT2D eigenvalue weighted by Crippen LogP contribution is 2.31. The van der Waals surface area contributed by atoms with E-state index in [9.17, 15) is 0 Å². The lowest BCUT2D eigenvalue weighted by atomic mass is 9.90. The first kappa shape index (κ1) is 14.5. The van der Waals surface area contributed by atoms with Crippen molar-refractivity contribution in [1.29, 1.82) is 0 Å². The predicted molar refractivity (Wildman–Crippen MR) is 87.8 cm³/mol. The molecule has 0 saturated heterocycles. The highest BCUT2D eigenvalue weighted by atomic mass is 14.6. The first-order chi connectivity index (χ1) is 9.49. The van der Waals surface area contributed by atoms with Gasteiger partial charge in [-0.15, -0.1) is 0 Å². The van der Waals surface area contributed by atoms with Crippen molar-refractivity contribution in [1.82, 2.24) is 0 Å². The first-order valence-electron chi connectivity index (χ1n) is 7.30. The maximum atomic E-state index is 6.30. The van der Waals surface area contributed by atoms with Gasteiger partial charge in [0.25, 0.3) is 0 Å². The number of rotatable bonds is 2. The van der Waals surface area contributed by atoms with Crippen LogP contribution in [0.2, 0.25) is 0 Å². The molecule has 2 rings (SSSR count). The van der Waals surface area contributed by atoms with E-state index in [1.165, 1.54) is 16.7 Å². The maximum Gasteiger partial charge on any atom is 0.0385 e. The molecule has 2 N–H and O–H groups in total. The van der Waals surface area contributed by atoms with Gasteiger partial charge < -0.3 is 5.73 Å². The summed E-state index contributed by atoms with van der Waals surface area (Å²) >= 11 is 0. The van der Waals surface area contributed by atoms with Crippen LogP contribution in [0.1, 0.15) is 62.6 Å². The molecule has 0 fully saturated rings. The molecule has 1 aliphatic carbocycles. The van der Waals surface area contributed by atoms with Crippen LogP contribution in [-0.4, -0.2) is 0 Å². The summed E-state index contributed by atoms with van der Waals surface area (Å²) in [6.45, 7) is 8.71. The van der Waals surface area contributed by atoms with Gasteiger partial charge in [-0.2, -0.15) is 0 Å². The Morgan fingerprint density at radius 2 is 1.60 bits per heavy atom. The van der Waals surface area contributed by atoms with Crippen molar-refractivity contribution in [3.8, 4) is 11.8 Å². The van der Waals surface area contributed by atoms with Crippen LogP contribution in [0.3, 0.4) is 0 Å². The fourth-order valence-electron chi connectivity index (χ4n) is 2.42. The van der Waals surface area contributed by atoms with Crippen LogP contribution in [0.5, 0.6) is 0 Å². The van der Waals surface area contributed by atoms with Crippen molar-refractivity contribution in [2.75, 3.05) is 5.73 Å². The van der Waals surface area contributed by atoms with Crippen molar-refractivity contribution in [2.45, 2.75) is 46.0 Å². The third kappa shape index (κ3) is 3.14. The summed E-state index contributed by atoms with van der Waals surface area (Å²) in [6.07, 6.45) is 7.23. The van der Waals surface area contributed by atoms with E-state index in [4.69, 9.17) is 5.73 Å². The van der Waals surface area contributed by atoms with Crippen LogP contribution in [0.15, 0.2) is 35.9 Å². The molecule has 20 heavy (non-hydrogen) atoms. The molecule has 0 radical (unpaired) electrons. The molecule has 1 aliphatic rings. The van der Waals surface area contributed by atoms with Crippen LogP contribution >= 0.6 is 0 Å². The first-order valence-corrected chi connectivity index (χ1v) is 7.30. The lowest BCUT2D eigenvalue weighted by Gasteiger charge is -2.17. The van der Waals surface area contributed by atoms with Crippen molar-refractivity contribution >= 4 is 5.69 Å². The molecule has 1 nitrogen and oxygen atoms in total. The van der Waals surface area contributed by atoms with Crippen LogP contribution in [0.25, 0.3) is 0 Å². The average Bonchev–Trinajstić information content (AvgIpc) is 2.89. The Hall–Kier alpha value is -1.94. The third-order valence-corrected chi connectivity index (χ3v) is 3.63. The molecule has 0 bridgehead atoms. The van der Waals surface area contributed by atoms with Crippen LogP contribution < -0.4 is 5.73 Å². The van der Waals surface area contributed by atoms with E-state index >= 15 is 0 Å². The molecule has 1 aromatic carbocycles. The SMILES string of the molecule is CC(C)c1cc(C#CC2=CC=CC2)cc(C(C)C)c1N. The summed E-state index contributed by atoms with van der Waals surface area (Å²) in [7, 11) is 0. The molecule has 104 valence electrons. The normalized spacial score (nSPS) is 13.6. The molecule has 0 aromatic heterocycles. The summed E-state index contributed by atoms with van der Waals surface area (Å²) in [5, 5.41) is 0. The molecule has 1 heteroatoms. The highest BCUT2D eigenvalue weighted by molar-refractivity contribution is 5.61. The van der Waals surface area contributed by atoms with E-state index in [0.29, 0.717) is 11.8 Å². The number of hydrogen-bond acceptors (Lipinski definition) is 1. The minimum atomic E-state index is 0.418. The van der Waals surface area contributed by atoms with Gasteiger partial charge in [-0.3, -0.25) is 0 Å². The lowest BCUT2D eigenvalue weighted by Crippen LogP contribution is -2.04. The fraction of sp³-hybridized carbons (Fsp3) is 0.368. The molecule has 0 unspecified atom stereocenters. The number of benzene rings is 1. The zero-order valence-electron chi connectivity index (χ0n) is 12.8. The Morgan fingerprint density at radius 3 is 2.05 bits per heavy atom. The Bertz CT molecular complexity index is 590. The fourth-order valence-corrected chi connectivity index (χ4v) is 2.42. The zero-order chi connectivity index (χ0) is 14.7. The van der Waals surface area contributed by atoms with Gasteiger partial charge in [-0.1, -0.05) is 57.8 Å². The van der Waals surface area contributed by atoms with Crippen molar-refractivity contribution in [3.63, 3.8) is 0 Å². The van der Waals surface area contributed by atoms with Gasteiger partial charge in [0.15, 0.2) is 0 Å². The number of allylic oxidation sites excluding steroid dienone is 4. The largest absolute Gasteiger partial charge is 0.398 e. The Labute approximate surface area is 122 Å². The summed E-state index contributed by atoms with van der Waals surface area (Å²) in [6, 6.07) is 4.28. The minimum Gasteiger partial charge on any atom is -0.398 e. The number of anilines is 1. The standard InChI is InChI=1S/C19H23N/c1-13(2)17-11-16(10-9-15-7-5-6-8-15)12-18(14(3)4)19(17)20/h5-7,11-14H,8,20H2,1-4H3. The second-order valence-corrected chi connectivity index (χ2v) is 5.95. The zero-order valence-corrected chi connectivity index (χ0v) is 12.8. The van der Waals surface area contributed by atoms with Gasteiger partial charge in [0.05, 0.1) is 0 Å². The second-order valence-electron chi connectivity index (χ2n) is 5.95. The Kier molecular flexibility index (Phi) is 4.35. The highest BCUT2D eigenvalue weighted by Gasteiger charge is 2.12.